The first-order chi connectivity index (χ1) is 13.9. The molecule has 5 nitrogen and oxygen atoms in total. The molecule has 2 aromatic carbocycles. The summed E-state index contributed by atoms with van der Waals surface area (Å²) in [6.07, 6.45) is 2.01. The Morgan fingerprint density at radius 2 is 1.72 bits per heavy atom. The smallest absolute Gasteiger partial charge is 0.258 e. The average Bonchev–Trinajstić information content (AvgIpc) is 3.23. The van der Waals surface area contributed by atoms with Crippen LogP contribution in [-0.2, 0) is 0 Å². The molecule has 0 saturated heterocycles. The van der Waals surface area contributed by atoms with Crippen molar-refractivity contribution in [2.75, 3.05) is 0 Å². The van der Waals surface area contributed by atoms with E-state index in [1.54, 1.807) is 6.07 Å². The van der Waals surface area contributed by atoms with E-state index in [0.29, 0.717) is 35.4 Å². The summed E-state index contributed by atoms with van der Waals surface area (Å²) in [4.78, 5) is 17.3. The number of rotatable bonds is 5. The third-order valence-corrected chi connectivity index (χ3v) is 5.89. The van der Waals surface area contributed by atoms with Gasteiger partial charge >= 0.3 is 0 Å². The van der Waals surface area contributed by atoms with E-state index in [4.69, 9.17) is 9.26 Å². The molecule has 0 unspecified atom stereocenters. The van der Waals surface area contributed by atoms with Crippen molar-refractivity contribution in [3.8, 4) is 28.6 Å². The number of Topliss-reactive ketones (excluding diaryl/α,β-unsaturated/α-hetero) is 1. The summed E-state index contributed by atoms with van der Waals surface area (Å²) in [5.41, 5.74) is 3.07. The van der Waals surface area contributed by atoms with Gasteiger partial charge in [-0.25, -0.2) is 0 Å². The van der Waals surface area contributed by atoms with Crippen molar-refractivity contribution < 1.29 is 14.1 Å². The highest BCUT2D eigenvalue weighted by molar-refractivity contribution is 6.01. The fraction of sp³-hybridized carbons (Fsp3) is 0.375. The van der Waals surface area contributed by atoms with E-state index in [1.807, 2.05) is 24.3 Å². The summed E-state index contributed by atoms with van der Waals surface area (Å²) in [6.45, 7) is 8.44. The SMILES string of the molecule is CCC1(CC)CC(=O)c2cc(-c3nc(-c4ccc(C(C)C)cc4)no3)ccc2O1. The number of benzene rings is 2. The van der Waals surface area contributed by atoms with Crippen LogP contribution in [0.1, 0.15) is 68.8 Å². The molecule has 0 amide bonds. The number of hydrogen-bond acceptors (Lipinski definition) is 5. The van der Waals surface area contributed by atoms with Gasteiger partial charge in [-0.2, -0.15) is 4.98 Å². The predicted octanol–water partition coefficient (Wildman–Crippen LogP) is 6.05. The number of carbonyl (C=O) groups is 1. The minimum Gasteiger partial charge on any atom is -0.486 e. The highest BCUT2D eigenvalue weighted by Gasteiger charge is 2.37. The Balaban J connectivity index is 1.62. The van der Waals surface area contributed by atoms with Gasteiger partial charge in [-0.05, 0) is 42.5 Å². The van der Waals surface area contributed by atoms with Crippen LogP contribution in [-0.4, -0.2) is 21.5 Å². The van der Waals surface area contributed by atoms with Crippen molar-refractivity contribution in [2.24, 2.45) is 0 Å². The molecule has 2 heterocycles. The summed E-state index contributed by atoms with van der Waals surface area (Å²) in [7, 11) is 0. The van der Waals surface area contributed by atoms with E-state index < -0.39 is 5.60 Å². The maximum atomic E-state index is 12.8. The van der Waals surface area contributed by atoms with Crippen molar-refractivity contribution in [1.82, 2.24) is 10.1 Å². The average molecular weight is 390 g/mol. The van der Waals surface area contributed by atoms with Crippen LogP contribution in [0.3, 0.4) is 0 Å². The fourth-order valence-electron chi connectivity index (χ4n) is 3.75. The number of ketones is 1. The van der Waals surface area contributed by atoms with Gasteiger partial charge in [-0.3, -0.25) is 4.79 Å². The molecule has 0 aliphatic carbocycles. The van der Waals surface area contributed by atoms with Crippen LogP contribution in [0.4, 0.5) is 0 Å². The molecule has 0 saturated carbocycles. The summed E-state index contributed by atoms with van der Waals surface area (Å²) < 4.78 is 11.7. The van der Waals surface area contributed by atoms with E-state index >= 15 is 0 Å². The maximum Gasteiger partial charge on any atom is 0.258 e. The van der Waals surface area contributed by atoms with E-state index in [2.05, 4.69) is 50.0 Å². The number of carbonyl (C=O) groups excluding carboxylic acids is 1. The predicted molar refractivity (Wildman–Crippen MR) is 112 cm³/mol. The van der Waals surface area contributed by atoms with Crippen LogP contribution in [0.5, 0.6) is 5.75 Å². The molecular formula is C24H26N2O3. The van der Waals surface area contributed by atoms with Gasteiger partial charge in [-0.1, -0.05) is 57.1 Å². The van der Waals surface area contributed by atoms with Crippen molar-refractivity contribution in [3.05, 3.63) is 53.6 Å². The molecule has 5 heteroatoms. The van der Waals surface area contributed by atoms with Crippen molar-refractivity contribution in [1.29, 1.82) is 0 Å². The molecule has 0 fully saturated rings. The third-order valence-electron chi connectivity index (χ3n) is 5.89. The van der Waals surface area contributed by atoms with Gasteiger partial charge in [-0.15, -0.1) is 0 Å². The molecule has 0 atom stereocenters. The number of fused-ring (bicyclic) bond motifs is 1. The Bertz CT molecular complexity index is 1030. The van der Waals surface area contributed by atoms with Gasteiger partial charge in [0.25, 0.3) is 5.89 Å². The zero-order chi connectivity index (χ0) is 20.6. The first-order valence-electron chi connectivity index (χ1n) is 10.3. The van der Waals surface area contributed by atoms with Gasteiger partial charge in [0, 0.05) is 11.1 Å². The fourth-order valence-corrected chi connectivity index (χ4v) is 3.75. The molecule has 29 heavy (non-hydrogen) atoms. The molecule has 4 rings (SSSR count). The summed E-state index contributed by atoms with van der Waals surface area (Å²) in [6, 6.07) is 13.7. The lowest BCUT2D eigenvalue weighted by molar-refractivity contribution is 0.0350. The number of hydrogen-bond donors (Lipinski definition) is 0. The molecule has 0 N–H and O–H groups in total. The quantitative estimate of drug-likeness (QED) is 0.530. The first kappa shape index (κ1) is 19.4. The molecule has 3 aromatic rings. The van der Waals surface area contributed by atoms with Crippen molar-refractivity contribution in [2.45, 2.75) is 58.5 Å². The molecule has 1 aliphatic rings. The zero-order valence-electron chi connectivity index (χ0n) is 17.4. The highest BCUT2D eigenvalue weighted by Crippen LogP contribution is 2.39. The summed E-state index contributed by atoms with van der Waals surface area (Å²) >= 11 is 0. The lowest BCUT2D eigenvalue weighted by Gasteiger charge is -2.36. The second-order valence-electron chi connectivity index (χ2n) is 8.00. The van der Waals surface area contributed by atoms with E-state index in [-0.39, 0.29) is 5.78 Å². The molecule has 1 aliphatic heterocycles. The summed E-state index contributed by atoms with van der Waals surface area (Å²) in [5, 5.41) is 4.12. The minimum absolute atomic E-state index is 0.0980. The van der Waals surface area contributed by atoms with Gasteiger partial charge in [0.2, 0.25) is 5.82 Å². The van der Waals surface area contributed by atoms with E-state index in [1.165, 1.54) is 5.56 Å². The second kappa shape index (κ2) is 7.47. The Morgan fingerprint density at radius 1 is 1.03 bits per heavy atom. The van der Waals surface area contributed by atoms with Crippen molar-refractivity contribution >= 4 is 5.78 Å². The van der Waals surface area contributed by atoms with Crippen LogP contribution < -0.4 is 4.74 Å². The molecule has 150 valence electrons. The van der Waals surface area contributed by atoms with Crippen LogP contribution in [0, 0.1) is 0 Å². The van der Waals surface area contributed by atoms with Crippen LogP contribution in [0.15, 0.2) is 47.0 Å². The van der Waals surface area contributed by atoms with Gasteiger partial charge in [0.05, 0.1) is 12.0 Å². The standard InChI is InChI=1S/C24H26N2O3/c1-5-24(6-2)14-20(27)19-13-18(11-12-21(19)28-24)23-25-22(26-29-23)17-9-7-16(8-10-17)15(3)4/h7-13,15H,5-6,14H2,1-4H3. The Labute approximate surface area is 171 Å². The molecule has 0 radical (unpaired) electrons. The first-order valence-corrected chi connectivity index (χ1v) is 10.3. The summed E-state index contributed by atoms with van der Waals surface area (Å²) in [5.74, 6) is 2.13. The second-order valence-corrected chi connectivity index (χ2v) is 8.00. The molecule has 0 spiro atoms. The van der Waals surface area contributed by atoms with Gasteiger partial charge < -0.3 is 9.26 Å². The highest BCUT2D eigenvalue weighted by atomic mass is 16.5. The van der Waals surface area contributed by atoms with Crippen LogP contribution in [0.2, 0.25) is 0 Å². The monoisotopic (exact) mass is 390 g/mol. The van der Waals surface area contributed by atoms with Gasteiger partial charge in [0.15, 0.2) is 5.78 Å². The molecular weight excluding hydrogens is 364 g/mol. The Hall–Kier alpha value is -2.95. The van der Waals surface area contributed by atoms with Gasteiger partial charge in [0.1, 0.15) is 11.4 Å². The normalized spacial score (nSPS) is 15.3. The number of ether oxygens (including phenoxy) is 1. The van der Waals surface area contributed by atoms with E-state index in [0.717, 1.165) is 24.0 Å². The topological polar surface area (TPSA) is 65.2 Å². The Morgan fingerprint density at radius 3 is 2.38 bits per heavy atom. The zero-order valence-corrected chi connectivity index (χ0v) is 17.4. The third kappa shape index (κ3) is 3.57. The van der Waals surface area contributed by atoms with Crippen LogP contribution in [0.25, 0.3) is 22.8 Å². The minimum atomic E-state index is -0.397. The molecule has 1 aromatic heterocycles. The lowest BCUT2D eigenvalue weighted by Crippen LogP contribution is -2.40. The maximum absolute atomic E-state index is 12.8. The van der Waals surface area contributed by atoms with Crippen LogP contribution >= 0.6 is 0 Å². The number of aromatic nitrogens is 2. The number of nitrogens with zero attached hydrogens (tertiary/aromatic N) is 2. The lowest BCUT2D eigenvalue weighted by atomic mass is 9.85. The Kier molecular flexibility index (Phi) is 4.99. The molecule has 0 bridgehead atoms. The van der Waals surface area contributed by atoms with Crippen molar-refractivity contribution in [3.63, 3.8) is 0 Å². The van der Waals surface area contributed by atoms with E-state index in [9.17, 15) is 4.79 Å². The largest absolute Gasteiger partial charge is 0.486 e.